The number of nitrogens with zero attached hydrogens (tertiary/aromatic N) is 3. The van der Waals surface area contributed by atoms with Crippen LogP contribution < -0.4 is 0 Å². The third-order valence-electron chi connectivity index (χ3n) is 4.01. The number of fused-ring (bicyclic) bond motifs is 1. The maximum absolute atomic E-state index is 13.1. The van der Waals surface area contributed by atoms with Gasteiger partial charge in [-0.05, 0) is 31.5 Å². The zero-order valence-electron chi connectivity index (χ0n) is 14.4. The van der Waals surface area contributed by atoms with Crippen LogP contribution in [-0.2, 0) is 5.75 Å². The number of thiazole rings is 1. The van der Waals surface area contributed by atoms with Crippen LogP contribution in [0.5, 0.6) is 0 Å². The summed E-state index contributed by atoms with van der Waals surface area (Å²) in [4.78, 5) is 4.68. The molecule has 0 spiro atoms. The molecule has 3 nitrogen and oxygen atoms in total. The highest BCUT2D eigenvalue weighted by molar-refractivity contribution is 7.98. The Morgan fingerprint density at radius 2 is 1.69 bits per heavy atom. The van der Waals surface area contributed by atoms with Crippen molar-refractivity contribution in [3.8, 4) is 11.3 Å². The highest BCUT2D eigenvalue weighted by Crippen LogP contribution is 2.36. The number of thioether (sulfide) groups is 1. The van der Waals surface area contributed by atoms with Gasteiger partial charge in [0.05, 0.1) is 9.71 Å². The number of benzene rings is 2. The summed E-state index contributed by atoms with van der Waals surface area (Å²) >= 11 is 3.22. The van der Waals surface area contributed by atoms with Crippen LogP contribution in [0.4, 0.5) is 4.39 Å². The molecule has 4 aromatic rings. The fourth-order valence-corrected chi connectivity index (χ4v) is 4.52. The summed E-state index contributed by atoms with van der Waals surface area (Å²) in [5.74, 6) is 0.475. The average molecular weight is 382 g/mol. The van der Waals surface area contributed by atoms with Crippen LogP contribution in [0.1, 0.15) is 16.1 Å². The maximum Gasteiger partial charge on any atom is 0.146 e. The van der Waals surface area contributed by atoms with Crippen molar-refractivity contribution >= 4 is 33.3 Å². The molecule has 2 aromatic carbocycles. The highest BCUT2D eigenvalue weighted by atomic mass is 32.2. The van der Waals surface area contributed by atoms with Crippen LogP contribution in [0.15, 0.2) is 53.6 Å². The van der Waals surface area contributed by atoms with Crippen LogP contribution in [0.25, 0.3) is 21.5 Å². The molecule has 0 saturated carbocycles. The number of aryl methyl sites for hydroxylation is 2. The number of aromatic nitrogens is 3. The zero-order chi connectivity index (χ0) is 18.1. The van der Waals surface area contributed by atoms with Crippen molar-refractivity contribution in [2.24, 2.45) is 0 Å². The van der Waals surface area contributed by atoms with Gasteiger partial charge < -0.3 is 0 Å². The minimum Gasteiger partial charge on any atom is -0.238 e. The van der Waals surface area contributed by atoms with Crippen LogP contribution in [0, 0.1) is 19.7 Å². The lowest BCUT2D eigenvalue weighted by Gasteiger charge is -2.06. The molecular weight excluding hydrogens is 365 g/mol. The second kappa shape index (κ2) is 7.13. The minimum atomic E-state index is -0.224. The van der Waals surface area contributed by atoms with Crippen LogP contribution in [-0.4, -0.2) is 15.2 Å². The Labute approximate surface area is 159 Å². The average Bonchev–Trinajstić information content (AvgIpc) is 3.03. The van der Waals surface area contributed by atoms with Gasteiger partial charge in [-0.3, -0.25) is 0 Å². The Hall–Kier alpha value is -2.31. The van der Waals surface area contributed by atoms with Crippen molar-refractivity contribution in [3.05, 3.63) is 70.5 Å². The molecule has 2 aromatic heterocycles. The van der Waals surface area contributed by atoms with E-state index >= 15 is 0 Å². The van der Waals surface area contributed by atoms with Crippen molar-refractivity contribution in [3.63, 3.8) is 0 Å². The minimum absolute atomic E-state index is 0.224. The molecule has 0 unspecified atom stereocenters. The number of halogens is 1. The SMILES string of the molecule is Cc1ccc(-c2nnc(SCc3ccc(F)cc3)c3nc(C)sc23)cc1. The van der Waals surface area contributed by atoms with Crippen LogP contribution in [0.2, 0.25) is 0 Å². The lowest BCUT2D eigenvalue weighted by Crippen LogP contribution is -1.93. The summed E-state index contributed by atoms with van der Waals surface area (Å²) in [7, 11) is 0. The standard InChI is InChI=1S/C20H16FN3S2/c1-12-3-7-15(8-4-12)17-19-18(22-13(2)26-19)20(24-23-17)25-11-14-5-9-16(21)10-6-14/h3-10H,11H2,1-2H3. The molecule has 0 N–H and O–H groups in total. The smallest absolute Gasteiger partial charge is 0.146 e. The molecule has 0 bridgehead atoms. The van der Waals surface area contributed by atoms with Crippen LogP contribution in [0.3, 0.4) is 0 Å². The van der Waals surface area contributed by atoms with E-state index in [9.17, 15) is 4.39 Å². The van der Waals surface area contributed by atoms with E-state index in [1.165, 1.54) is 17.7 Å². The van der Waals surface area contributed by atoms with Crippen LogP contribution >= 0.6 is 23.1 Å². The Morgan fingerprint density at radius 3 is 2.42 bits per heavy atom. The van der Waals surface area contributed by atoms with E-state index in [1.807, 2.05) is 6.92 Å². The summed E-state index contributed by atoms with van der Waals surface area (Å²) < 4.78 is 14.1. The van der Waals surface area contributed by atoms with Gasteiger partial charge in [-0.1, -0.05) is 53.7 Å². The van der Waals surface area contributed by atoms with Crippen molar-refractivity contribution in [2.75, 3.05) is 0 Å². The predicted octanol–water partition coefficient (Wildman–Crippen LogP) is 5.80. The summed E-state index contributed by atoms with van der Waals surface area (Å²) in [5.41, 5.74) is 5.07. The van der Waals surface area contributed by atoms with Gasteiger partial charge in [-0.15, -0.1) is 21.5 Å². The van der Waals surface area contributed by atoms with Crippen molar-refractivity contribution in [2.45, 2.75) is 24.6 Å². The molecule has 130 valence electrons. The van der Waals surface area contributed by atoms with E-state index in [1.54, 1.807) is 35.2 Å². The number of hydrogen-bond acceptors (Lipinski definition) is 5. The molecule has 0 aliphatic heterocycles. The first-order chi connectivity index (χ1) is 12.6. The first-order valence-corrected chi connectivity index (χ1v) is 9.98. The molecule has 0 amide bonds. The third kappa shape index (κ3) is 3.48. The molecule has 0 aliphatic rings. The number of rotatable bonds is 4. The lowest BCUT2D eigenvalue weighted by molar-refractivity contribution is 0.627. The maximum atomic E-state index is 13.1. The Balaban J connectivity index is 1.69. The predicted molar refractivity (Wildman–Crippen MR) is 106 cm³/mol. The van der Waals surface area contributed by atoms with Gasteiger partial charge in [0.2, 0.25) is 0 Å². The lowest BCUT2D eigenvalue weighted by atomic mass is 10.1. The Morgan fingerprint density at radius 1 is 0.962 bits per heavy atom. The fraction of sp³-hybridized carbons (Fsp3) is 0.150. The second-order valence-electron chi connectivity index (χ2n) is 6.05. The van der Waals surface area contributed by atoms with Crippen molar-refractivity contribution < 1.29 is 4.39 Å². The molecule has 6 heteroatoms. The van der Waals surface area contributed by atoms with E-state index in [-0.39, 0.29) is 5.82 Å². The van der Waals surface area contributed by atoms with Gasteiger partial charge in [0.25, 0.3) is 0 Å². The first-order valence-electron chi connectivity index (χ1n) is 8.18. The first kappa shape index (κ1) is 17.1. The summed E-state index contributed by atoms with van der Waals surface area (Å²) in [6, 6.07) is 14.8. The Kier molecular flexibility index (Phi) is 4.70. The largest absolute Gasteiger partial charge is 0.238 e. The van der Waals surface area contributed by atoms with Gasteiger partial charge in [0, 0.05) is 11.3 Å². The topological polar surface area (TPSA) is 38.7 Å². The van der Waals surface area contributed by atoms with Crippen molar-refractivity contribution in [1.29, 1.82) is 0 Å². The van der Waals surface area contributed by atoms with Gasteiger partial charge in [0.1, 0.15) is 22.1 Å². The monoisotopic (exact) mass is 381 g/mol. The van der Waals surface area contributed by atoms with Gasteiger partial charge in [-0.2, -0.15) is 0 Å². The van der Waals surface area contributed by atoms with E-state index in [2.05, 4.69) is 46.4 Å². The number of hydrogen-bond donors (Lipinski definition) is 0. The molecule has 0 aliphatic carbocycles. The molecule has 2 heterocycles. The van der Waals surface area contributed by atoms with Gasteiger partial charge in [0.15, 0.2) is 0 Å². The molecule has 0 saturated heterocycles. The summed E-state index contributed by atoms with van der Waals surface area (Å²) in [6.45, 7) is 4.06. The van der Waals surface area contributed by atoms with E-state index < -0.39 is 0 Å². The molecule has 4 rings (SSSR count). The third-order valence-corrected chi connectivity index (χ3v) is 6.01. The zero-order valence-corrected chi connectivity index (χ0v) is 16.0. The quantitative estimate of drug-likeness (QED) is 0.419. The van der Waals surface area contributed by atoms with E-state index in [4.69, 9.17) is 0 Å². The summed E-state index contributed by atoms with van der Waals surface area (Å²) in [6.07, 6.45) is 0. The second-order valence-corrected chi connectivity index (χ2v) is 8.21. The van der Waals surface area contributed by atoms with Crippen molar-refractivity contribution in [1.82, 2.24) is 15.2 Å². The molecular formula is C20H16FN3S2. The van der Waals surface area contributed by atoms with Gasteiger partial charge >= 0.3 is 0 Å². The molecule has 0 radical (unpaired) electrons. The molecule has 0 fully saturated rings. The fourth-order valence-electron chi connectivity index (χ4n) is 2.65. The molecule has 26 heavy (non-hydrogen) atoms. The Bertz CT molecular complexity index is 1060. The van der Waals surface area contributed by atoms with E-state index in [0.29, 0.717) is 5.75 Å². The summed E-state index contributed by atoms with van der Waals surface area (Å²) in [5, 5.41) is 10.7. The van der Waals surface area contributed by atoms with Gasteiger partial charge in [-0.25, -0.2) is 9.37 Å². The normalized spacial score (nSPS) is 11.2. The highest BCUT2D eigenvalue weighted by Gasteiger charge is 2.16. The molecule has 0 atom stereocenters. The van der Waals surface area contributed by atoms with E-state index in [0.717, 1.165) is 37.1 Å².